The van der Waals surface area contributed by atoms with Crippen molar-refractivity contribution < 1.29 is 14.6 Å². The van der Waals surface area contributed by atoms with Gasteiger partial charge in [-0.05, 0) is 37.1 Å². The van der Waals surface area contributed by atoms with Gasteiger partial charge in [-0.1, -0.05) is 43.3 Å². The molecule has 3 N–H and O–H groups in total. The summed E-state index contributed by atoms with van der Waals surface area (Å²) in [6, 6.07) is 16.0. The number of nitrogens with one attached hydrogen (secondary N) is 2. The lowest BCUT2D eigenvalue weighted by Crippen LogP contribution is -2.44. The maximum Gasteiger partial charge on any atom is 0.191 e. The average Bonchev–Trinajstić information content (AvgIpc) is 2.76. The van der Waals surface area contributed by atoms with Gasteiger partial charge in [0.05, 0.1) is 26.9 Å². The van der Waals surface area contributed by atoms with E-state index >= 15 is 0 Å². The second-order valence-corrected chi connectivity index (χ2v) is 6.98. The van der Waals surface area contributed by atoms with Crippen molar-refractivity contribution in [1.82, 2.24) is 10.6 Å². The highest BCUT2D eigenvalue weighted by molar-refractivity contribution is 14.0. The lowest BCUT2D eigenvalue weighted by atomic mass is 9.94. The van der Waals surface area contributed by atoms with E-state index in [0.717, 1.165) is 12.1 Å². The molecule has 2 rings (SSSR count). The fourth-order valence-corrected chi connectivity index (χ4v) is 3.05. The van der Waals surface area contributed by atoms with Crippen molar-refractivity contribution in [1.29, 1.82) is 0 Å². The molecular weight excluding hydrogens is 493 g/mol. The van der Waals surface area contributed by atoms with Gasteiger partial charge in [-0.3, -0.25) is 4.99 Å². The molecule has 30 heavy (non-hydrogen) atoms. The Bertz CT molecular complexity index is 787. The number of hydrogen-bond donors (Lipinski definition) is 3. The van der Waals surface area contributed by atoms with Crippen LogP contribution in [0.2, 0.25) is 0 Å². The third kappa shape index (κ3) is 7.36. The zero-order valence-corrected chi connectivity index (χ0v) is 20.7. The van der Waals surface area contributed by atoms with Crippen LogP contribution in [0.1, 0.15) is 43.9 Å². The molecule has 0 bridgehead atoms. The molecular formula is C23H34IN3O3. The summed E-state index contributed by atoms with van der Waals surface area (Å²) in [5.41, 5.74) is 2.00. The molecule has 7 heteroatoms. The zero-order chi connectivity index (χ0) is 21.2. The number of nitrogens with zero attached hydrogens (tertiary/aromatic N) is 1. The molecule has 0 spiro atoms. The number of aliphatic hydroxyl groups excluding tert-OH is 1. The van der Waals surface area contributed by atoms with Gasteiger partial charge in [0.15, 0.2) is 17.5 Å². The standard InChI is InChI=1S/C23H33N3O3.HI/c1-6-24-23(26-17(3)16(2)18-10-8-7-9-11-18)25-15-20(27)19-12-13-21(28-4)22(14-19)29-5;/h7-14,16-17,20,27H,6,15H2,1-5H3,(H2,24,25,26);1H. The number of ether oxygens (including phenoxy) is 2. The van der Waals surface area contributed by atoms with Crippen molar-refractivity contribution in [3.05, 3.63) is 59.7 Å². The molecule has 0 heterocycles. The van der Waals surface area contributed by atoms with Crippen molar-refractivity contribution >= 4 is 29.9 Å². The van der Waals surface area contributed by atoms with Crippen molar-refractivity contribution in [3.8, 4) is 11.5 Å². The molecule has 0 aliphatic heterocycles. The van der Waals surface area contributed by atoms with Gasteiger partial charge in [-0.2, -0.15) is 0 Å². The summed E-state index contributed by atoms with van der Waals surface area (Å²) in [6.45, 7) is 7.32. The van der Waals surface area contributed by atoms with Crippen LogP contribution in [0, 0.1) is 0 Å². The molecule has 0 saturated heterocycles. The Morgan fingerprint density at radius 3 is 2.27 bits per heavy atom. The summed E-state index contributed by atoms with van der Waals surface area (Å²) >= 11 is 0. The number of benzene rings is 2. The number of halogens is 1. The SMILES string of the molecule is CCNC(=NCC(O)c1ccc(OC)c(OC)c1)NC(C)C(C)c1ccccc1.I. The Morgan fingerprint density at radius 2 is 1.67 bits per heavy atom. The number of rotatable bonds is 9. The third-order valence-electron chi connectivity index (χ3n) is 5.00. The first kappa shape index (κ1) is 26.0. The maximum absolute atomic E-state index is 10.6. The molecule has 3 unspecified atom stereocenters. The molecule has 2 aromatic rings. The van der Waals surface area contributed by atoms with Gasteiger partial charge in [0.2, 0.25) is 0 Å². The summed E-state index contributed by atoms with van der Waals surface area (Å²) in [6.07, 6.45) is -0.743. The van der Waals surface area contributed by atoms with Crippen molar-refractivity contribution in [2.24, 2.45) is 4.99 Å². The van der Waals surface area contributed by atoms with Crippen molar-refractivity contribution in [2.45, 2.75) is 38.8 Å². The predicted octanol–water partition coefficient (Wildman–Crippen LogP) is 4.10. The highest BCUT2D eigenvalue weighted by Gasteiger charge is 2.16. The fraction of sp³-hybridized carbons (Fsp3) is 0.435. The minimum atomic E-state index is -0.743. The van der Waals surface area contributed by atoms with Crippen LogP contribution in [0.3, 0.4) is 0 Å². The lowest BCUT2D eigenvalue weighted by Gasteiger charge is -2.24. The van der Waals surface area contributed by atoms with Gasteiger partial charge in [0, 0.05) is 18.5 Å². The summed E-state index contributed by atoms with van der Waals surface area (Å²) in [5, 5.41) is 17.3. The van der Waals surface area contributed by atoms with E-state index in [4.69, 9.17) is 9.47 Å². The van der Waals surface area contributed by atoms with Crippen LogP contribution >= 0.6 is 24.0 Å². The smallest absolute Gasteiger partial charge is 0.191 e. The molecule has 0 radical (unpaired) electrons. The number of aliphatic imine (C=N–C) groups is 1. The Labute approximate surface area is 197 Å². The topological polar surface area (TPSA) is 75.1 Å². The minimum Gasteiger partial charge on any atom is -0.493 e. The first-order valence-corrected chi connectivity index (χ1v) is 9.99. The van der Waals surface area contributed by atoms with Gasteiger partial charge in [-0.15, -0.1) is 24.0 Å². The van der Waals surface area contributed by atoms with Crippen LogP contribution in [0.5, 0.6) is 11.5 Å². The van der Waals surface area contributed by atoms with E-state index in [1.807, 2.05) is 19.1 Å². The quantitative estimate of drug-likeness (QED) is 0.260. The van der Waals surface area contributed by atoms with E-state index in [2.05, 4.69) is 53.7 Å². The lowest BCUT2D eigenvalue weighted by molar-refractivity contribution is 0.186. The predicted molar refractivity (Wildman–Crippen MR) is 133 cm³/mol. The van der Waals surface area contributed by atoms with Gasteiger partial charge in [0.1, 0.15) is 0 Å². The number of aliphatic hydroxyl groups is 1. The summed E-state index contributed by atoms with van der Waals surface area (Å²) in [7, 11) is 3.17. The molecule has 3 atom stereocenters. The van der Waals surface area contributed by atoms with Crippen LogP contribution in [-0.4, -0.2) is 44.4 Å². The molecule has 0 saturated carbocycles. The molecule has 166 valence electrons. The Kier molecular flexibility index (Phi) is 11.6. The fourth-order valence-electron chi connectivity index (χ4n) is 3.05. The van der Waals surface area contributed by atoms with Gasteiger partial charge >= 0.3 is 0 Å². The highest BCUT2D eigenvalue weighted by atomic mass is 127. The Morgan fingerprint density at radius 1 is 1.00 bits per heavy atom. The Hall–Kier alpha value is -2.00. The van der Waals surface area contributed by atoms with Crippen LogP contribution in [-0.2, 0) is 0 Å². The van der Waals surface area contributed by atoms with Crippen LogP contribution in [0.15, 0.2) is 53.5 Å². The number of guanidine groups is 1. The molecule has 2 aromatic carbocycles. The first-order chi connectivity index (χ1) is 14.0. The van der Waals surface area contributed by atoms with Crippen LogP contribution in [0.25, 0.3) is 0 Å². The molecule has 6 nitrogen and oxygen atoms in total. The summed E-state index contributed by atoms with van der Waals surface area (Å²) in [5.74, 6) is 2.21. The van der Waals surface area contributed by atoms with E-state index in [1.165, 1.54) is 5.56 Å². The van der Waals surface area contributed by atoms with Crippen LogP contribution in [0.4, 0.5) is 0 Å². The van der Waals surface area contributed by atoms with Crippen LogP contribution < -0.4 is 20.1 Å². The summed E-state index contributed by atoms with van der Waals surface area (Å²) in [4.78, 5) is 4.58. The minimum absolute atomic E-state index is 0. The first-order valence-electron chi connectivity index (χ1n) is 9.99. The molecule has 0 aliphatic rings. The van der Waals surface area contributed by atoms with E-state index < -0.39 is 6.10 Å². The number of hydrogen-bond acceptors (Lipinski definition) is 4. The normalized spacial score (nSPS) is 14.1. The van der Waals surface area contributed by atoms with E-state index in [9.17, 15) is 5.11 Å². The molecule has 0 aromatic heterocycles. The molecule has 0 aliphatic carbocycles. The highest BCUT2D eigenvalue weighted by Crippen LogP contribution is 2.30. The maximum atomic E-state index is 10.6. The average molecular weight is 527 g/mol. The van der Waals surface area contributed by atoms with Gasteiger partial charge in [0.25, 0.3) is 0 Å². The second-order valence-electron chi connectivity index (χ2n) is 6.98. The third-order valence-corrected chi connectivity index (χ3v) is 5.00. The van der Waals surface area contributed by atoms with E-state index in [-0.39, 0.29) is 36.6 Å². The van der Waals surface area contributed by atoms with Crippen molar-refractivity contribution in [3.63, 3.8) is 0 Å². The Balaban J connectivity index is 0.00000450. The van der Waals surface area contributed by atoms with Crippen molar-refractivity contribution in [2.75, 3.05) is 27.3 Å². The van der Waals surface area contributed by atoms with Gasteiger partial charge < -0.3 is 25.2 Å². The second kappa shape index (κ2) is 13.3. The van der Waals surface area contributed by atoms with E-state index in [1.54, 1.807) is 26.4 Å². The molecule has 0 amide bonds. The monoisotopic (exact) mass is 527 g/mol. The number of methoxy groups -OCH3 is 2. The largest absolute Gasteiger partial charge is 0.493 e. The van der Waals surface area contributed by atoms with E-state index in [0.29, 0.717) is 23.4 Å². The van der Waals surface area contributed by atoms with Gasteiger partial charge in [-0.25, -0.2) is 0 Å². The summed E-state index contributed by atoms with van der Waals surface area (Å²) < 4.78 is 10.6. The zero-order valence-electron chi connectivity index (χ0n) is 18.4. The molecule has 0 fully saturated rings.